The molecule has 0 unspecified atom stereocenters. The number of allylic oxidation sites excluding steroid dienone is 1. The molecule has 0 saturated carbocycles. The van der Waals surface area contributed by atoms with Crippen molar-refractivity contribution in [2.45, 2.75) is 20.8 Å². The van der Waals surface area contributed by atoms with E-state index in [0.29, 0.717) is 5.69 Å². The van der Waals surface area contributed by atoms with Crippen LogP contribution in [0.1, 0.15) is 20.8 Å². The molecule has 20 heavy (non-hydrogen) atoms. The Hall–Kier alpha value is -2.17. The number of hydrogen-bond donors (Lipinski definition) is 1. The van der Waals surface area contributed by atoms with Gasteiger partial charge in [0.05, 0.1) is 7.11 Å². The van der Waals surface area contributed by atoms with Gasteiger partial charge in [-0.2, -0.15) is 0 Å². The lowest BCUT2D eigenvalue weighted by atomic mass is 9.90. The van der Waals surface area contributed by atoms with Gasteiger partial charge in [0, 0.05) is 17.2 Å². The topological polar surface area (TPSA) is 55.4 Å². The molecule has 1 aromatic carbocycles. The maximum Gasteiger partial charge on any atom is 0.354 e. The second-order valence-corrected chi connectivity index (χ2v) is 5.30. The summed E-state index contributed by atoms with van der Waals surface area (Å²) in [4.78, 5) is 23.6. The average Bonchev–Trinajstić information content (AvgIpc) is 2.35. The number of nitrogens with one attached hydrogen (secondary N) is 1. The van der Waals surface area contributed by atoms with Crippen LogP contribution in [-0.4, -0.2) is 18.9 Å². The van der Waals surface area contributed by atoms with Crippen LogP contribution in [0.15, 0.2) is 36.0 Å². The zero-order valence-corrected chi connectivity index (χ0v) is 12.0. The summed E-state index contributed by atoms with van der Waals surface area (Å²) in [5.74, 6) is -1.37. The number of benzene rings is 1. The van der Waals surface area contributed by atoms with Crippen molar-refractivity contribution in [3.05, 3.63) is 41.9 Å². The fourth-order valence-electron chi connectivity index (χ4n) is 1.33. The van der Waals surface area contributed by atoms with Gasteiger partial charge in [0.1, 0.15) is 11.5 Å². The first-order chi connectivity index (χ1) is 9.24. The molecule has 0 atom stereocenters. The molecule has 0 aromatic heterocycles. The molecule has 0 aliphatic carbocycles. The number of ether oxygens (including phenoxy) is 1. The van der Waals surface area contributed by atoms with Crippen LogP contribution in [-0.2, 0) is 14.3 Å². The lowest BCUT2D eigenvalue weighted by molar-refractivity contribution is -0.136. The van der Waals surface area contributed by atoms with Crippen molar-refractivity contribution in [2.24, 2.45) is 5.41 Å². The van der Waals surface area contributed by atoms with E-state index >= 15 is 0 Å². The van der Waals surface area contributed by atoms with Crippen molar-refractivity contribution < 1.29 is 18.7 Å². The Balaban J connectivity index is 3.05. The second kappa shape index (κ2) is 6.32. The zero-order valence-electron chi connectivity index (χ0n) is 12.0. The first-order valence-electron chi connectivity index (χ1n) is 6.11. The molecule has 0 spiro atoms. The molecular formula is C15H18FNO3. The van der Waals surface area contributed by atoms with Gasteiger partial charge < -0.3 is 10.1 Å². The summed E-state index contributed by atoms with van der Waals surface area (Å²) in [6.45, 7) is 5.22. The van der Waals surface area contributed by atoms with Crippen molar-refractivity contribution in [1.29, 1.82) is 0 Å². The summed E-state index contributed by atoms with van der Waals surface area (Å²) < 4.78 is 17.7. The Labute approximate surface area is 117 Å². The molecule has 4 nitrogen and oxygen atoms in total. The van der Waals surface area contributed by atoms with E-state index in [-0.39, 0.29) is 11.5 Å². The van der Waals surface area contributed by atoms with Crippen LogP contribution in [0.3, 0.4) is 0 Å². The molecule has 1 aromatic rings. The van der Waals surface area contributed by atoms with Crippen LogP contribution < -0.4 is 5.32 Å². The summed E-state index contributed by atoms with van der Waals surface area (Å²) in [6, 6.07) is 5.59. The van der Waals surface area contributed by atoms with Crippen molar-refractivity contribution >= 4 is 17.4 Å². The minimum absolute atomic E-state index is 0.0296. The van der Waals surface area contributed by atoms with E-state index in [9.17, 15) is 14.0 Å². The average molecular weight is 279 g/mol. The molecule has 108 valence electrons. The third-order valence-corrected chi connectivity index (χ3v) is 2.52. The molecule has 5 heteroatoms. The number of carbonyl (C=O) groups is 2. The van der Waals surface area contributed by atoms with Crippen molar-refractivity contribution in [2.75, 3.05) is 12.4 Å². The van der Waals surface area contributed by atoms with Crippen LogP contribution in [0.4, 0.5) is 10.1 Å². The molecule has 1 N–H and O–H groups in total. The molecule has 0 aliphatic rings. The van der Waals surface area contributed by atoms with Gasteiger partial charge in [-0.3, -0.25) is 4.79 Å². The Morgan fingerprint density at radius 2 is 1.95 bits per heavy atom. The Morgan fingerprint density at radius 3 is 2.45 bits per heavy atom. The molecule has 0 amide bonds. The largest absolute Gasteiger partial charge is 0.464 e. The number of esters is 1. The standard InChI is InChI=1S/C15H18FNO3/c1-15(2,3)13(18)9-12(14(19)20-4)17-11-7-5-6-10(16)8-11/h5-9,17H,1-4H3. The van der Waals surface area contributed by atoms with Gasteiger partial charge in [-0.25, -0.2) is 9.18 Å². The Morgan fingerprint density at radius 1 is 1.30 bits per heavy atom. The number of hydrogen-bond acceptors (Lipinski definition) is 4. The van der Waals surface area contributed by atoms with E-state index in [4.69, 9.17) is 0 Å². The number of ketones is 1. The van der Waals surface area contributed by atoms with Gasteiger partial charge in [-0.05, 0) is 18.2 Å². The summed E-state index contributed by atoms with van der Waals surface area (Å²) in [5.41, 5.74) is -0.288. The van der Waals surface area contributed by atoms with Crippen LogP contribution in [0.2, 0.25) is 0 Å². The molecule has 0 aliphatic heterocycles. The van der Waals surface area contributed by atoms with Crippen LogP contribution >= 0.6 is 0 Å². The highest BCUT2D eigenvalue weighted by Gasteiger charge is 2.22. The molecule has 0 saturated heterocycles. The molecule has 0 fully saturated rings. The van der Waals surface area contributed by atoms with E-state index in [2.05, 4.69) is 10.1 Å². The van der Waals surface area contributed by atoms with E-state index in [1.807, 2.05) is 0 Å². The van der Waals surface area contributed by atoms with Gasteiger partial charge in [-0.1, -0.05) is 26.8 Å². The van der Waals surface area contributed by atoms with Crippen LogP contribution in [0, 0.1) is 11.2 Å². The molecule has 0 heterocycles. The summed E-state index contributed by atoms with van der Waals surface area (Å²) >= 11 is 0. The highest BCUT2D eigenvalue weighted by Crippen LogP contribution is 2.18. The fraction of sp³-hybridized carbons (Fsp3) is 0.333. The predicted molar refractivity (Wildman–Crippen MR) is 74.6 cm³/mol. The third-order valence-electron chi connectivity index (χ3n) is 2.52. The summed E-state index contributed by atoms with van der Waals surface area (Å²) in [5, 5.41) is 2.70. The lowest BCUT2D eigenvalue weighted by Crippen LogP contribution is -2.22. The first-order valence-corrected chi connectivity index (χ1v) is 6.11. The quantitative estimate of drug-likeness (QED) is 0.680. The van der Waals surface area contributed by atoms with E-state index < -0.39 is 17.2 Å². The molecular weight excluding hydrogens is 261 g/mol. The highest BCUT2D eigenvalue weighted by atomic mass is 19.1. The minimum Gasteiger partial charge on any atom is -0.464 e. The molecule has 0 radical (unpaired) electrons. The Bertz CT molecular complexity index is 544. The fourth-order valence-corrected chi connectivity index (χ4v) is 1.33. The lowest BCUT2D eigenvalue weighted by Gasteiger charge is -2.15. The van der Waals surface area contributed by atoms with Gasteiger partial charge in [-0.15, -0.1) is 0 Å². The van der Waals surface area contributed by atoms with E-state index in [0.717, 1.165) is 0 Å². The number of rotatable bonds is 4. The first kappa shape index (κ1) is 15.9. The monoisotopic (exact) mass is 279 g/mol. The van der Waals surface area contributed by atoms with Crippen LogP contribution in [0.25, 0.3) is 0 Å². The Kier molecular flexibility index (Phi) is 5.02. The maximum atomic E-state index is 13.1. The SMILES string of the molecule is COC(=O)C(=CC(=O)C(C)(C)C)Nc1cccc(F)c1. The number of carbonyl (C=O) groups excluding carboxylic acids is 2. The number of halogens is 1. The number of methoxy groups -OCH3 is 1. The van der Waals surface area contributed by atoms with Gasteiger partial charge in [0.25, 0.3) is 0 Å². The third kappa shape index (κ3) is 4.50. The van der Waals surface area contributed by atoms with Crippen molar-refractivity contribution in [3.8, 4) is 0 Å². The van der Waals surface area contributed by atoms with Gasteiger partial charge in [0.2, 0.25) is 0 Å². The number of anilines is 1. The van der Waals surface area contributed by atoms with Gasteiger partial charge in [0.15, 0.2) is 5.78 Å². The smallest absolute Gasteiger partial charge is 0.354 e. The molecule has 0 bridgehead atoms. The molecule has 1 rings (SSSR count). The second-order valence-electron chi connectivity index (χ2n) is 5.30. The van der Waals surface area contributed by atoms with E-state index in [1.165, 1.54) is 31.4 Å². The van der Waals surface area contributed by atoms with Crippen molar-refractivity contribution in [1.82, 2.24) is 0 Å². The summed E-state index contributed by atoms with van der Waals surface area (Å²) in [7, 11) is 1.21. The van der Waals surface area contributed by atoms with Gasteiger partial charge >= 0.3 is 5.97 Å². The minimum atomic E-state index is -0.688. The summed E-state index contributed by atoms with van der Waals surface area (Å²) in [6.07, 6.45) is 1.18. The normalized spacial score (nSPS) is 11.9. The zero-order chi connectivity index (χ0) is 15.3. The highest BCUT2D eigenvalue weighted by molar-refractivity contribution is 6.03. The maximum absolute atomic E-state index is 13.1. The van der Waals surface area contributed by atoms with E-state index in [1.54, 1.807) is 26.8 Å². The van der Waals surface area contributed by atoms with Crippen molar-refractivity contribution in [3.63, 3.8) is 0 Å². The van der Waals surface area contributed by atoms with Crippen LogP contribution in [0.5, 0.6) is 0 Å². The predicted octanol–water partition coefficient (Wildman–Crippen LogP) is 2.91.